The number of halogens is 2. The predicted octanol–water partition coefficient (Wildman–Crippen LogP) is 2.67. The lowest BCUT2D eigenvalue weighted by Crippen LogP contribution is -2.07. The Labute approximate surface area is 121 Å². The van der Waals surface area contributed by atoms with Gasteiger partial charge in [-0.25, -0.2) is 0 Å². The SMILES string of the molecule is CCOc1cc(C(O)CCC(=O)OC)ccc1OC(F)F. The Morgan fingerprint density at radius 2 is 2.05 bits per heavy atom. The topological polar surface area (TPSA) is 65.0 Å². The van der Waals surface area contributed by atoms with Crippen molar-refractivity contribution in [3.63, 3.8) is 0 Å². The number of hydrogen-bond donors (Lipinski definition) is 1. The number of methoxy groups -OCH3 is 1. The molecule has 118 valence electrons. The normalized spacial score (nSPS) is 12.1. The van der Waals surface area contributed by atoms with Crippen molar-refractivity contribution in [1.82, 2.24) is 0 Å². The number of carbonyl (C=O) groups is 1. The molecule has 1 atom stereocenters. The summed E-state index contributed by atoms with van der Waals surface area (Å²) < 4.78 is 38.6. The van der Waals surface area contributed by atoms with Crippen LogP contribution < -0.4 is 9.47 Å². The van der Waals surface area contributed by atoms with Crippen LogP contribution in [0.3, 0.4) is 0 Å². The fraction of sp³-hybridized carbons (Fsp3) is 0.500. The summed E-state index contributed by atoms with van der Waals surface area (Å²) in [5.74, 6) is -0.417. The highest BCUT2D eigenvalue weighted by molar-refractivity contribution is 5.69. The second kappa shape index (κ2) is 8.41. The Balaban J connectivity index is 2.83. The molecule has 1 aromatic rings. The fourth-order valence-electron chi connectivity index (χ4n) is 1.72. The smallest absolute Gasteiger partial charge is 0.387 e. The summed E-state index contributed by atoms with van der Waals surface area (Å²) in [4.78, 5) is 11.0. The lowest BCUT2D eigenvalue weighted by molar-refractivity contribution is -0.141. The molecule has 0 aliphatic carbocycles. The number of hydrogen-bond acceptors (Lipinski definition) is 5. The zero-order chi connectivity index (χ0) is 15.8. The number of carbonyl (C=O) groups excluding carboxylic acids is 1. The van der Waals surface area contributed by atoms with Crippen molar-refractivity contribution in [1.29, 1.82) is 0 Å². The largest absolute Gasteiger partial charge is 0.490 e. The van der Waals surface area contributed by atoms with Crippen molar-refractivity contribution in [2.45, 2.75) is 32.5 Å². The van der Waals surface area contributed by atoms with Crippen LogP contribution >= 0.6 is 0 Å². The second-order valence-electron chi connectivity index (χ2n) is 4.15. The summed E-state index contributed by atoms with van der Waals surface area (Å²) in [6.07, 6.45) is -0.714. The van der Waals surface area contributed by atoms with Gasteiger partial charge in [0.15, 0.2) is 11.5 Å². The molecule has 0 heterocycles. The Morgan fingerprint density at radius 3 is 2.62 bits per heavy atom. The van der Waals surface area contributed by atoms with Gasteiger partial charge in [0, 0.05) is 6.42 Å². The van der Waals surface area contributed by atoms with Crippen LogP contribution in [0.1, 0.15) is 31.4 Å². The maximum absolute atomic E-state index is 12.3. The van der Waals surface area contributed by atoms with E-state index in [2.05, 4.69) is 9.47 Å². The number of alkyl halides is 2. The Kier molecular flexibility index (Phi) is 6.87. The van der Waals surface area contributed by atoms with Gasteiger partial charge in [0.2, 0.25) is 0 Å². The number of esters is 1. The maximum atomic E-state index is 12.3. The lowest BCUT2D eigenvalue weighted by Gasteiger charge is -2.15. The summed E-state index contributed by atoms with van der Waals surface area (Å²) in [6, 6.07) is 4.17. The molecule has 0 amide bonds. The monoisotopic (exact) mass is 304 g/mol. The number of aliphatic hydroxyl groups is 1. The molecule has 1 unspecified atom stereocenters. The molecule has 1 aromatic carbocycles. The van der Waals surface area contributed by atoms with E-state index in [1.165, 1.54) is 25.3 Å². The zero-order valence-electron chi connectivity index (χ0n) is 11.8. The molecule has 21 heavy (non-hydrogen) atoms. The molecule has 0 aromatic heterocycles. The Morgan fingerprint density at radius 1 is 1.33 bits per heavy atom. The maximum Gasteiger partial charge on any atom is 0.387 e. The van der Waals surface area contributed by atoms with E-state index < -0.39 is 18.7 Å². The summed E-state index contributed by atoms with van der Waals surface area (Å²) in [6.45, 7) is -0.993. The van der Waals surface area contributed by atoms with Gasteiger partial charge in [-0.05, 0) is 31.0 Å². The van der Waals surface area contributed by atoms with Crippen LogP contribution in [-0.4, -0.2) is 31.4 Å². The molecule has 0 spiro atoms. The minimum Gasteiger partial charge on any atom is -0.490 e. The molecule has 0 radical (unpaired) electrons. The van der Waals surface area contributed by atoms with Gasteiger partial charge < -0.3 is 19.3 Å². The van der Waals surface area contributed by atoms with Gasteiger partial charge in [-0.15, -0.1) is 0 Å². The van der Waals surface area contributed by atoms with Crippen LogP contribution in [0, 0.1) is 0 Å². The van der Waals surface area contributed by atoms with Gasteiger partial charge in [0.25, 0.3) is 0 Å². The van der Waals surface area contributed by atoms with Gasteiger partial charge in [0.1, 0.15) is 0 Å². The minimum atomic E-state index is -2.96. The van der Waals surface area contributed by atoms with Crippen LogP contribution in [-0.2, 0) is 9.53 Å². The van der Waals surface area contributed by atoms with E-state index in [0.29, 0.717) is 5.56 Å². The first kappa shape index (κ1) is 17.2. The summed E-state index contributed by atoms with van der Waals surface area (Å²) in [5, 5.41) is 9.98. The standard InChI is InChI=1S/C14H18F2O5/c1-3-20-12-8-9(4-6-11(12)21-14(15)16)10(17)5-7-13(18)19-2/h4,6,8,10,14,17H,3,5,7H2,1-2H3. The van der Waals surface area contributed by atoms with Crippen LogP contribution in [0.15, 0.2) is 18.2 Å². The predicted molar refractivity (Wildman–Crippen MR) is 70.5 cm³/mol. The van der Waals surface area contributed by atoms with Gasteiger partial charge >= 0.3 is 12.6 Å². The molecule has 7 heteroatoms. The van der Waals surface area contributed by atoms with Gasteiger partial charge in [0.05, 0.1) is 19.8 Å². The van der Waals surface area contributed by atoms with Crippen LogP contribution in [0.2, 0.25) is 0 Å². The third-order valence-electron chi connectivity index (χ3n) is 2.72. The van der Waals surface area contributed by atoms with Crippen molar-refractivity contribution in [3.8, 4) is 11.5 Å². The lowest BCUT2D eigenvalue weighted by atomic mass is 10.0. The third kappa shape index (κ3) is 5.55. The van der Waals surface area contributed by atoms with Crippen LogP contribution in [0.5, 0.6) is 11.5 Å². The summed E-state index contributed by atoms with van der Waals surface area (Å²) >= 11 is 0. The molecule has 5 nitrogen and oxygen atoms in total. The molecule has 0 aliphatic heterocycles. The zero-order valence-corrected chi connectivity index (χ0v) is 11.8. The summed E-state index contributed by atoms with van der Waals surface area (Å²) in [5.41, 5.74) is 0.448. The molecular weight excluding hydrogens is 286 g/mol. The average Bonchev–Trinajstić information content (AvgIpc) is 2.45. The molecule has 0 bridgehead atoms. The highest BCUT2D eigenvalue weighted by Gasteiger charge is 2.16. The van der Waals surface area contributed by atoms with E-state index in [-0.39, 0.29) is 30.9 Å². The van der Waals surface area contributed by atoms with E-state index in [0.717, 1.165) is 0 Å². The first-order valence-corrected chi connectivity index (χ1v) is 6.44. The Bertz CT molecular complexity index is 465. The van der Waals surface area contributed by atoms with Gasteiger partial charge in [-0.3, -0.25) is 4.79 Å². The van der Waals surface area contributed by atoms with Gasteiger partial charge in [-0.2, -0.15) is 8.78 Å². The molecule has 1 rings (SSSR count). The van der Waals surface area contributed by atoms with Crippen molar-refractivity contribution in [2.24, 2.45) is 0 Å². The van der Waals surface area contributed by atoms with E-state index in [1.807, 2.05) is 0 Å². The molecule has 1 N–H and O–H groups in total. The number of aliphatic hydroxyl groups excluding tert-OH is 1. The van der Waals surface area contributed by atoms with Crippen molar-refractivity contribution < 1.29 is 32.9 Å². The fourth-order valence-corrected chi connectivity index (χ4v) is 1.72. The Hall–Kier alpha value is -1.89. The molecular formula is C14H18F2O5. The van der Waals surface area contributed by atoms with Crippen molar-refractivity contribution in [3.05, 3.63) is 23.8 Å². The average molecular weight is 304 g/mol. The first-order valence-electron chi connectivity index (χ1n) is 6.44. The highest BCUT2D eigenvalue weighted by Crippen LogP contribution is 2.32. The van der Waals surface area contributed by atoms with E-state index in [1.54, 1.807) is 6.92 Å². The van der Waals surface area contributed by atoms with Gasteiger partial charge in [-0.1, -0.05) is 6.07 Å². The number of ether oxygens (including phenoxy) is 3. The molecule has 0 saturated heterocycles. The van der Waals surface area contributed by atoms with E-state index in [4.69, 9.17) is 4.74 Å². The third-order valence-corrected chi connectivity index (χ3v) is 2.72. The number of rotatable bonds is 8. The molecule has 0 fully saturated rings. The van der Waals surface area contributed by atoms with Crippen molar-refractivity contribution >= 4 is 5.97 Å². The van der Waals surface area contributed by atoms with Crippen molar-refractivity contribution in [2.75, 3.05) is 13.7 Å². The minimum absolute atomic E-state index is 0.0525. The van der Waals surface area contributed by atoms with E-state index >= 15 is 0 Å². The highest BCUT2D eigenvalue weighted by atomic mass is 19.3. The quantitative estimate of drug-likeness (QED) is 0.748. The molecule has 0 aliphatic rings. The molecule has 0 saturated carbocycles. The second-order valence-corrected chi connectivity index (χ2v) is 4.15. The summed E-state index contributed by atoms with van der Waals surface area (Å²) in [7, 11) is 1.26. The van der Waals surface area contributed by atoms with Crippen LogP contribution in [0.4, 0.5) is 8.78 Å². The van der Waals surface area contributed by atoms with Crippen LogP contribution in [0.25, 0.3) is 0 Å². The number of benzene rings is 1. The van der Waals surface area contributed by atoms with E-state index in [9.17, 15) is 18.7 Å². The first-order chi connectivity index (χ1) is 9.97.